The molecule has 2 heterocycles. The van der Waals surface area contributed by atoms with Crippen LogP contribution in [0.25, 0.3) is 19.5 Å². The first-order valence-corrected chi connectivity index (χ1v) is 9.46. The molecular weight excluding hydrogens is 342 g/mol. The quantitative estimate of drug-likeness (QED) is 0.633. The van der Waals surface area contributed by atoms with E-state index < -0.39 is 0 Å². The Bertz CT molecular complexity index is 896. The second-order valence-corrected chi connectivity index (χ2v) is 7.81. The summed E-state index contributed by atoms with van der Waals surface area (Å²) in [7, 11) is 1.37. The molecule has 6 heteroatoms. The van der Waals surface area contributed by atoms with Gasteiger partial charge in [0.25, 0.3) is 5.91 Å². The number of amides is 1. The molecule has 1 aromatic carbocycles. The van der Waals surface area contributed by atoms with Crippen LogP contribution in [-0.2, 0) is 9.53 Å². The van der Waals surface area contributed by atoms with E-state index >= 15 is 0 Å². The van der Waals surface area contributed by atoms with Crippen LogP contribution >= 0.6 is 22.7 Å². The van der Waals surface area contributed by atoms with E-state index in [2.05, 4.69) is 12.1 Å². The Morgan fingerprint density at radius 1 is 1.21 bits per heavy atom. The second-order valence-electron chi connectivity index (χ2n) is 5.67. The molecule has 0 bridgehead atoms. The predicted molar refractivity (Wildman–Crippen MR) is 100.0 cm³/mol. The first kappa shape index (κ1) is 16.9. The molecule has 1 atom stereocenters. The minimum absolute atomic E-state index is 0.0225. The Hall–Kier alpha value is -1.92. The zero-order chi connectivity index (χ0) is 17.3. The molecule has 1 unspecified atom stereocenters. The third-order valence-corrected chi connectivity index (χ3v) is 6.43. The largest absolute Gasteiger partial charge is 0.469 e. The number of rotatable bonds is 5. The Kier molecular flexibility index (Phi) is 4.87. The van der Waals surface area contributed by atoms with Crippen molar-refractivity contribution < 1.29 is 14.3 Å². The predicted octanol–water partition coefficient (Wildman–Crippen LogP) is 4.39. The van der Waals surface area contributed by atoms with Crippen molar-refractivity contribution in [3.8, 4) is 0 Å². The molecule has 1 amide bonds. The highest BCUT2D eigenvalue weighted by Crippen LogP contribution is 2.39. The SMILES string of the molecule is CCN(CC(C)C(=O)OC)C(=O)c1cc2sc3ccccc3c2s1. The van der Waals surface area contributed by atoms with E-state index in [0.29, 0.717) is 13.1 Å². The number of fused-ring (bicyclic) bond motifs is 3. The maximum absolute atomic E-state index is 12.8. The first-order chi connectivity index (χ1) is 11.5. The number of carbonyl (C=O) groups excluding carboxylic acids is 2. The van der Waals surface area contributed by atoms with Crippen LogP contribution < -0.4 is 0 Å². The van der Waals surface area contributed by atoms with Gasteiger partial charge in [-0.2, -0.15) is 0 Å². The molecule has 0 fully saturated rings. The van der Waals surface area contributed by atoms with Crippen LogP contribution in [0.5, 0.6) is 0 Å². The van der Waals surface area contributed by atoms with Crippen LogP contribution in [0.1, 0.15) is 23.5 Å². The van der Waals surface area contributed by atoms with Crippen molar-refractivity contribution in [2.24, 2.45) is 5.92 Å². The molecule has 3 rings (SSSR count). The van der Waals surface area contributed by atoms with Crippen molar-refractivity contribution in [3.05, 3.63) is 35.2 Å². The van der Waals surface area contributed by atoms with Crippen molar-refractivity contribution in [1.29, 1.82) is 0 Å². The van der Waals surface area contributed by atoms with Gasteiger partial charge in [-0.25, -0.2) is 0 Å². The van der Waals surface area contributed by atoms with Crippen LogP contribution in [0, 0.1) is 5.92 Å². The maximum atomic E-state index is 12.8. The fraction of sp³-hybridized carbons (Fsp3) is 0.333. The minimum Gasteiger partial charge on any atom is -0.469 e. The van der Waals surface area contributed by atoms with E-state index in [1.165, 1.54) is 28.5 Å². The second kappa shape index (κ2) is 6.91. The number of methoxy groups -OCH3 is 1. The molecule has 3 aromatic rings. The molecule has 0 aliphatic carbocycles. The fourth-order valence-corrected chi connectivity index (χ4v) is 5.22. The van der Waals surface area contributed by atoms with Gasteiger partial charge < -0.3 is 9.64 Å². The van der Waals surface area contributed by atoms with E-state index in [4.69, 9.17) is 4.74 Å². The maximum Gasteiger partial charge on any atom is 0.310 e. The number of esters is 1. The van der Waals surface area contributed by atoms with Gasteiger partial charge in [0.15, 0.2) is 0 Å². The lowest BCUT2D eigenvalue weighted by Gasteiger charge is -2.22. The van der Waals surface area contributed by atoms with Gasteiger partial charge in [0.2, 0.25) is 0 Å². The number of ether oxygens (including phenoxy) is 1. The number of benzene rings is 1. The van der Waals surface area contributed by atoms with Gasteiger partial charge in [0.05, 0.1) is 22.6 Å². The van der Waals surface area contributed by atoms with Crippen molar-refractivity contribution in [2.45, 2.75) is 13.8 Å². The Morgan fingerprint density at radius 3 is 2.67 bits per heavy atom. The molecule has 4 nitrogen and oxygen atoms in total. The molecule has 0 aliphatic heterocycles. The number of hydrogen-bond donors (Lipinski definition) is 0. The topological polar surface area (TPSA) is 46.6 Å². The normalized spacial score (nSPS) is 12.5. The van der Waals surface area contributed by atoms with Crippen LogP contribution in [-0.4, -0.2) is 37.0 Å². The van der Waals surface area contributed by atoms with Crippen LogP contribution in [0.4, 0.5) is 0 Å². The molecule has 2 aromatic heterocycles. The van der Waals surface area contributed by atoms with E-state index in [0.717, 1.165) is 14.3 Å². The van der Waals surface area contributed by atoms with Crippen LogP contribution in [0.2, 0.25) is 0 Å². The number of carbonyl (C=O) groups is 2. The van der Waals surface area contributed by atoms with Gasteiger partial charge in [0.1, 0.15) is 0 Å². The molecule has 126 valence electrons. The van der Waals surface area contributed by atoms with Crippen LogP contribution in [0.15, 0.2) is 30.3 Å². The van der Waals surface area contributed by atoms with Crippen molar-refractivity contribution in [1.82, 2.24) is 4.90 Å². The summed E-state index contributed by atoms with van der Waals surface area (Å²) < 4.78 is 8.30. The summed E-state index contributed by atoms with van der Waals surface area (Å²) in [5, 5.41) is 1.20. The van der Waals surface area contributed by atoms with Crippen molar-refractivity contribution in [2.75, 3.05) is 20.2 Å². The summed E-state index contributed by atoms with van der Waals surface area (Å²) in [5.74, 6) is -0.647. The van der Waals surface area contributed by atoms with Gasteiger partial charge in [-0.15, -0.1) is 22.7 Å². The van der Waals surface area contributed by atoms with Crippen molar-refractivity contribution in [3.63, 3.8) is 0 Å². The molecule has 24 heavy (non-hydrogen) atoms. The molecule has 0 saturated heterocycles. The van der Waals surface area contributed by atoms with Gasteiger partial charge >= 0.3 is 5.97 Å². The highest BCUT2D eigenvalue weighted by Gasteiger charge is 2.23. The van der Waals surface area contributed by atoms with Gasteiger partial charge in [-0.3, -0.25) is 9.59 Å². The summed E-state index contributed by atoms with van der Waals surface area (Å²) in [6.45, 7) is 4.64. The summed E-state index contributed by atoms with van der Waals surface area (Å²) in [6.07, 6.45) is 0. The molecular formula is C18H19NO3S2. The van der Waals surface area contributed by atoms with Gasteiger partial charge in [0, 0.05) is 27.9 Å². The zero-order valence-electron chi connectivity index (χ0n) is 13.9. The summed E-state index contributed by atoms with van der Waals surface area (Å²) in [5.41, 5.74) is 0. The lowest BCUT2D eigenvalue weighted by molar-refractivity contribution is -0.145. The number of hydrogen-bond acceptors (Lipinski definition) is 5. The number of nitrogens with zero attached hydrogens (tertiary/aromatic N) is 1. The lowest BCUT2D eigenvalue weighted by atomic mass is 10.1. The Labute approximate surface area is 148 Å². The van der Waals surface area contributed by atoms with E-state index in [9.17, 15) is 9.59 Å². The third-order valence-electron chi connectivity index (χ3n) is 4.03. The van der Waals surface area contributed by atoms with Gasteiger partial charge in [-0.1, -0.05) is 25.1 Å². The Morgan fingerprint density at radius 2 is 1.96 bits per heavy atom. The van der Waals surface area contributed by atoms with Crippen molar-refractivity contribution >= 4 is 54.0 Å². The Balaban J connectivity index is 1.87. The standard InChI is InChI=1S/C18H19NO3S2/c1-4-19(10-11(2)18(21)22-3)17(20)15-9-14-16(24-15)12-7-5-6-8-13(12)23-14/h5-9,11H,4,10H2,1-3H3. The average molecular weight is 361 g/mol. The third kappa shape index (κ3) is 3.03. The minimum atomic E-state index is -0.333. The molecule has 0 spiro atoms. The van der Waals surface area contributed by atoms with E-state index in [1.54, 1.807) is 23.2 Å². The summed E-state index contributed by atoms with van der Waals surface area (Å²) >= 11 is 3.24. The fourth-order valence-electron chi connectivity index (χ4n) is 2.72. The van der Waals surface area contributed by atoms with Gasteiger partial charge in [-0.05, 0) is 19.1 Å². The van der Waals surface area contributed by atoms with Crippen LogP contribution in [0.3, 0.4) is 0 Å². The number of thiophene rings is 2. The zero-order valence-corrected chi connectivity index (χ0v) is 15.5. The molecule has 0 radical (unpaired) electrons. The summed E-state index contributed by atoms with van der Waals surface area (Å²) in [6, 6.07) is 10.2. The smallest absolute Gasteiger partial charge is 0.310 e. The summed E-state index contributed by atoms with van der Waals surface area (Å²) in [4.78, 5) is 26.9. The molecule has 0 aliphatic rings. The van der Waals surface area contributed by atoms with E-state index in [1.807, 2.05) is 25.1 Å². The molecule has 0 saturated carbocycles. The molecule has 0 N–H and O–H groups in total. The first-order valence-electron chi connectivity index (χ1n) is 7.83. The highest BCUT2D eigenvalue weighted by molar-refractivity contribution is 7.33. The lowest BCUT2D eigenvalue weighted by Crippen LogP contribution is -2.36. The van der Waals surface area contributed by atoms with E-state index in [-0.39, 0.29) is 17.8 Å². The average Bonchev–Trinajstić information content (AvgIpc) is 3.15. The highest BCUT2D eigenvalue weighted by atomic mass is 32.1. The monoisotopic (exact) mass is 361 g/mol.